The molecule has 2 aromatic rings. The van der Waals surface area contributed by atoms with Crippen molar-refractivity contribution in [1.29, 1.82) is 0 Å². The normalized spacial score (nSPS) is 12.2. The van der Waals surface area contributed by atoms with Gasteiger partial charge in [-0.15, -0.1) is 0 Å². The monoisotopic (exact) mass is 331 g/mol. The molecule has 0 aliphatic heterocycles. The summed E-state index contributed by atoms with van der Waals surface area (Å²) in [6, 6.07) is 14.9. The minimum atomic E-state index is -0.0224. The third kappa shape index (κ3) is 5.38. The second-order valence-corrected chi connectivity index (χ2v) is 6.40. The average molecular weight is 332 g/mol. The summed E-state index contributed by atoms with van der Waals surface area (Å²) in [6.07, 6.45) is 0. The number of carbonyl (C=O) groups excluding carboxylic acids is 1. The highest BCUT2D eigenvalue weighted by Crippen LogP contribution is 2.17. The number of halogens is 1. The third-order valence-electron chi connectivity index (χ3n) is 3.54. The summed E-state index contributed by atoms with van der Waals surface area (Å²) in [5, 5.41) is 0.712. The van der Waals surface area contributed by atoms with Gasteiger partial charge in [0.15, 0.2) is 5.78 Å². The number of carbonyl (C=O) groups is 1. The summed E-state index contributed by atoms with van der Waals surface area (Å²) in [4.78, 5) is 14.3. The summed E-state index contributed by atoms with van der Waals surface area (Å²) in [5.74, 6) is 0.880. The Balaban J connectivity index is 1.93. The fraction of sp³-hybridized carbons (Fsp3) is 0.316. The molecule has 4 heteroatoms. The van der Waals surface area contributed by atoms with E-state index < -0.39 is 0 Å². The first-order valence-corrected chi connectivity index (χ1v) is 8.00. The van der Waals surface area contributed by atoms with E-state index in [1.54, 1.807) is 0 Å². The van der Waals surface area contributed by atoms with E-state index in [1.165, 1.54) is 0 Å². The van der Waals surface area contributed by atoms with Crippen LogP contribution in [-0.2, 0) is 6.61 Å². The summed E-state index contributed by atoms with van der Waals surface area (Å²) < 4.78 is 5.73. The molecule has 122 valence electrons. The van der Waals surface area contributed by atoms with Gasteiger partial charge >= 0.3 is 0 Å². The van der Waals surface area contributed by atoms with Gasteiger partial charge in [0.1, 0.15) is 12.4 Å². The second-order valence-electron chi connectivity index (χ2n) is 5.97. The standard InChI is InChI=1S/C19H22ClNO2/c1-14(12-21(2)3)19(22)16-6-10-18(11-7-16)23-13-15-4-8-17(20)9-5-15/h4-11,14H,12-13H2,1-3H3. The maximum absolute atomic E-state index is 12.3. The SMILES string of the molecule is CC(CN(C)C)C(=O)c1ccc(OCc2ccc(Cl)cc2)cc1. The highest BCUT2D eigenvalue weighted by molar-refractivity contribution is 6.30. The highest BCUT2D eigenvalue weighted by atomic mass is 35.5. The molecule has 0 spiro atoms. The smallest absolute Gasteiger partial charge is 0.166 e. The Morgan fingerprint density at radius 1 is 1.09 bits per heavy atom. The Hall–Kier alpha value is -1.84. The fourth-order valence-electron chi connectivity index (χ4n) is 2.38. The maximum Gasteiger partial charge on any atom is 0.166 e. The van der Waals surface area contributed by atoms with E-state index in [-0.39, 0.29) is 11.7 Å². The quantitative estimate of drug-likeness (QED) is 0.708. The van der Waals surface area contributed by atoms with E-state index >= 15 is 0 Å². The lowest BCUT2D eigenvalue weighted by Gasteiger charge is -2.16. The molecule has 2 rings (SSSR count). The Morgan fingerprint density at radius 2 is 1.70 bits per heavy atom. The molecular weight excluding hydrogens is 310 g/mol. The molecule has 0 saturated carbocycles. The Labute approximate surface area is 142 Å². The summed E-state index contributed by atoms with van der Waals surface area (Å²) in [5.41, 5.74) is 1.77. The molecular formula is C19H22ClNO2. The Morgan fingerprint density at radius 3 is 2.26 bits per heavy atom. The van der Waals surface area contributed by atoms with Crippen molar-refractivity contribution in [2.45, 2.75) is 13.5 Å². The molecule has 0 heterocycles. The van der Waals surface area contributed by atoms with E-state index in [0.29, 0.717) is 11.6 Å². The van der Waals surface area contributed by atoms with Crippen molar-refractivity contribution in [3.8, 4) is 5.75 Å². The number of Topliss-reactive ketones (excluding diaryl/α,β-unsaturated/α-hetero) is 1. The lowest BCUT2D eigenvalue weighted by molar-refractivity contribution is 0.0910. The van der Waals surface area contributed by atoms with Gasteiger partial charge in [0, 0.05) is 23.0 Å². The Kier molecular flexibility index (Phi) is 6.20. The summed E-state index contributed by atoms with van der Waals surface area (Å²) in [6.45, 7) is 3.17. The highest BCUT2D eigenvalue weighted by Gasteiger charge is 2.15. The van der Waals surface area contributed by atoms with Gasteiger partial charge in [0.05, 0.1) is 0 Å². The van der Waals surface area contributed by atoms with Crippen molar-refractivity contribution in [3.63, 3.8) is 0 Å². The molecule has 1 atom stereocenters. The van der Waals surface area contributed by atoms with E-state index in [0.717, 1.165) is 23.4 Å². The molecule has 1 unspecified atom stereocenters. The first kappa shape index (κ1) is 17.5. The minimum Gasteiger partial charge on any atom is -0.489 e. The number of nitrogens with zero attached hydrogens (tertiary/aromatic N) is 1. The third-order valence-corrected chi connectivity index (χ3v) is 3.80. The molecule has 0 fully saturated rings. The van der Waals surface area contributed by atoms with Gasteiger partial charge in [0.2, 0.25) is 0 Å². The molecule has 0 bridgehead atoms. The van der Waals surface area contributed by atoms with Crippen LogP contribution in [0.1, 0.15) is 22.8 Å². The van der Waals surface area contributed by atoms with Gasteiger partial charge in [0.25, 0.3) is 0 Å². The molecule has 0 aliphatic rings. The summed E-state index contributed by atoms with van der Waals surface area (Å²) >= 11 is 5.86. The zero-order valence-corrected chi connectivity index (χ0v) is 14.5. The predicted octanol–water partition coefficient (Wildman–Crippen LogP) is 4.30. The van der Waals surface area contributed by atoms with Gasteiger partial charge in [-0.25, -0.2) is 0 Å². The van der Waals surface area contributed by atoms with Crippen LogP contribution >= 0.6 is 11.6 Å². The first-order valence-electron chi connectivity index (χ1n) is 7.62. The van der Waals surface area contributed by atoms with Crippen molar-refractivity contribution in [3.05, 3.63) is 64.7 Å². The number of hydrogen-bond donors (Lipinski definition) is 0. The zero-order valence-electron chi connectivity index (χ0n) is 13.8. The van der Waals surface area contributed by atoms with Gasteiger partial charge in [-0.05, 0) is 56.1 Å². The van der Waals surface area contributed by atoms with Gasteiger partial charge in [-0.3, -0.25) is 4.79 Å². The molecule has 0 aliphatic carbocycles. The largest absolute Gasteiger partial charge is 0.489 e. The van der Waals surface area contributed by atoms with Crippen molar-refractivity contribution < 1.29 is 9.53 Å². The molecule has 3 nitrogen and oxygen atoms in total. The van der Waals surface area contributed by atoms with Crippen LogP contribution in [0.2, 0.25) is 5.02 Å². The molecule has 0 aromatic heterocycles. The average Bonchev–Trinajstić information content (AvgIpc) is 2.53. The van der Waals surface area contributed by atoms with Crippen LogP contribution < -0.4 is 4.74 Å². The fourth-order valence-corrected chi connectivity index (χ4v) is 2.50. The molecule has 23 heavy (non-hydrogen) atoms. The number of ketones is 1. The molecule has 0 saturated heterocycles. The number of ether oxygens (including phenoxy) is 1. The molecule has 0 N–H and O–H groups in total. The Bertz CT molecular complexity index is 635. The van der Waals surface area contributed by atoms with Crippen LogP contribution in [-0.4, -0.2) is 31.3 Å². The van der Waals surface area contributed by atoms with Crippen molar-refractivity contribution >= 4 is 17.4 Å². The number of benzene rings is 2. The van der Waals surface area contributed by atoms with Crippen LogP contribution in [0.4, 0.5) is 0 Å². The van der Waals surface area contributed by atoms with E-state index in [1.807, 2.05) is 74.4 Å². The van der Waals surface area contributed by atoms with Crippen LogP contribution in [0, 0.1) is 5.92 Å². The number of hydrogen-bond acceptors (Lipinski definition) is 3. The van der Waals surface area contributed by atoms with Crippen LogP contribution in [0.5, 0.6) is 5.75 Å². The van der Waals surface area contributed by atoms with Crippen LogP contribution in [0.3, 0.4) is 0 Å². The van der Waals surface area contributed by atoms with Crippen molar-refractivity contribution in [2.24, 2.45) is 5.92 Å². The van der Waals surface area contributed by atoms with E-state index in [2.05, 4.69) is 0 Å². The van der Waals surface area contributed by atoms with Crippen LogP contribution in [0.15, 0.2) is 48.5 Å². The first-order chi connectivity index (χ1) is 11.0. The number of rotatable bonds is 7. The van der Waals surface area contributed by atoms with E-state index in [9.17, 15) is 4.79 Å². The topological polar surface area (TPSA) is 29.5 Å². The zero-order chi connectivity index (χ0) is 16.8. The van der Waals surface area contributed by atoms with Gasteiger partial charge in [-0.2, -0.15) is 0 Å². The van der Waals surface area contributed by atoms with Crippen molar-refractivity contribution in [2.75, 3.05) is 20.6 Å². The van der Waals surface area contributed by atoms with Crippen molar-refractivity contribution in [1.82, 2.24) is 4.90 Å². The van der Waals surface area contributed by atoms with Gasteiger partial charge < -0.3 is 9.64 Å². The predicted molar refractivity (Wildman–Crippen MR) is 94.3 cm³/mol. The molecule has 0 amide bonds. The lowest BCUT2D eigenvalue weighted by Crippen LogP contribution is -2.25. The molecule has 2 aromatic carbocycles. The maximum atomic E-state index is 12.3. The second kappa shape index (κ2) is 8.14. The summed E-state index contributed by atoms with van der Waals surface area (Å²) in [7, 11) is 3.94. The minimum absolute atomic E-state index is 0.0224. The van der Waals surface area contributed by atoms with Crippen LogP contribution in [0.25, 0.3) is 0 Å². The van der Waals surface area contributed by atoms with Gasteiger partial charge in [-0.1, -0.05) is 30.7 Å². The lowest BCUT2D eigenvalue weighted by atomic mass is 9.99. The molecule has 0 radical (unpaired) electrons. The van der Waals surface area contributed by atoms with E-state index in [4.69, 9.17) is 16.3 Å².